The van der Waals surface area contributed by atoms with Crippen molar-refractivity contribution < 1.29 is 9.53 Å². The van der Waals surface area contributed by atoms with E-state index < -0.39 is 0 Å². The van der Waals surface area contributed by atoms with Crippen LogP contribution in [0.2, 0.25) is 0 Å². The summed E-state index contributed by atoms with van der Waals surface area (Å²) in [5, 5.41) is 15.2. The highest BCUT2D eigenvalue weighted by Gasteiger charge is 2.40. The molecule has 0 spiro atoms. The van der Waals surface area contributed by atoms with Gasteiger partial charge >= 0.3 is 6.03 Å². The monoisotopic (exact) mass is 237 g/mol. The molecule has 2 aliphatic heterocycles. The molecule has 7 heteroatoms. The third-order valence-electron chi connectivity index (χ3n) is 3.41. The molecule has 1 aromatic rings. The van der Waals surface area contributed by atoms with Crippen LogP contribution in [0.1, 0.15) is 19.3 Å². The van der Waals surface area contributed by atoms with Crippen LogP contribution in [-0.2, 0) is 4.74 Å². The number of H-pyrrole nitrogens is 1. The highest BCUT2D eigenvalue weighted by molar-refractivity contribution is 5.87. The lowest BCUT2D eigenvalue weighted by Crippen LogP contribution is -2.36. The predicted molar refractivity (Wildman–Crippen MR) is 59.4 cm³/mol. The Bertz CT molecular complexity index is 393. The van der Waals surface area contributed by atoms with Crippen LogP contribution in [0.5, 0.6) is 0 Å². The molecule has 1 aromatic heterocycles. The minimum Gasteiger partial charge on any atom is -0.375 e. The fourth-order valence-electron chi connectivity index (χ4n) is 2.60. The Morgan fingerprint density at radius 2 is 2.53 bits per heavy atom. The minimum absolute atomic E-state index is 0.248. The van der Waals surface area contributed by atoms with E-state index in [1.165, 1.54) is 12.6 Å². The molecule has 2 amide bonds. The normalized spacial score (nSPS) is 30.5. The summed E-state index contributed by atoms with van der Waals surface area (Å²) in [5.74, 6) is 0.878. The van der Waals surface area contributed by atoms with Gasteiger partial charge in [-0.25, -0.2) is 4.79 Å². The summed E-state index contributed by atoms with van der Waals surface area (Å²) in [4.78, 5) is 11.5. The standard InChI is InChI=1S/C10H15N5O2/c16-10(13-9-5-12-15-14-9)11-4-6-3-7-1-2-8(6)17-7/h5-8H,1-4H2,(H3,11,12,13,14,15,16)/t6-,7-,8+/m0/s1. The molecule has 2 bridgehead atoms. The zero-order valence-electron chi connectivity index (χ0n) is 9.35. The number of nitrogens with zero attached hydrogens (tertiary/aromatic N) is 2. The third kappa shape index (κ3) is 2.23. The molecule has 0 aromatic carbocycles. The van der Waals surface area contributed by atoms with Gasteiger partial charge in [0.1, 0.15) is 0 Å². The van der Waals surface area contributed by atoms with Gasteiger partial charge in [-0.05, 0) is 19.3 Å². The molecule has 0 radical (unpaired) electrons. The minimum atomic E-state index is -0.248. The van der Waals surface area contributed by atoms with Crippen molar-refractivity contribution in [2.75, 3.05) is 11.9 Å². The van der Waals surface area contributed by atoms with Gasteiger partial charge in [-0.1, -0.05) is 0 Å². The van der Waals surface area contributed by atoms with E-state index in [4.69, 9.17) is 4.74 Å². The maximum Gasteiger partial charge on any atom is 0.320 e. The first kappa shape index (κ1) is 10.5. The fourth-order valence-corrected chi connectivity index (χ4v) is 2.60. The molecule has 2 aliphatic rings. The summed E-state index contributed by atoms with van der Waals surface area (Å²) in [6.45, 7) is 0.658. The van der Waals surface area contributed by atoms with Crippen molar-refractivity contribution in [1.82, 2.24) is 20.7 Å². The Balaban J connectivity index is 1.44. The van der Waals surface area contributed by atoms with Gasteiger partial charge in [0.05, 0.1) is 18.4 Å². The van der Waals surface area contributed by atoms with Crippen LogP contribution in [0.4, 0.5) is 10.6 Å². The Morgan fingerprint density at radius 1 is 1.59 bits per heavy atom. The summed E-state index contributed by atoms with van der Waals surface area (Å²) in [5.41, 5.74) is 0. The number of hydrogen-bond donors (Lipinski definition) is 3. The van der Waals surface area contributed by atoms with Crippen LogP contribution in [0.15, 0.2) is 6.20 Å². The zero-order valence-corrected chi connectivity index (χ0v) is 9.35. The van der Waals surface area contributed by atoms with E-state index in [1.54, 1.807) is 0 Å². The van der Waals surface area contributed by atoms with Gasteiger partial charge in [-0.15, -0.1) is 5.10 Å². The summed E-state index contributed by atoms with van der Waals surface area (Å²) >= 11 is 0. The molecule has 0 aliphatic carbocycles. The molecular weight excluding hydrogens is 222 g/mol. The first-order chi connectivity index (χ1) is 8.31. The number of nitrogens with one attached hydrogen (secondary N) is 3. The number of anilines is 1. The fraction of sp³-hybridized carbons (Fsp3) is 0.700. The van der Waals surface area contributed by atoms with Gasteiger partial charge in [0.25, 0.3) is 0 Å². The second-order valence-corrected chi connectivity index (χ2v) is 4.56. The number of carbonyl (C=O) groups excluding carboxylic acids is 1. The van der Waals surface area contributed by atoms with Crippen molar-refractivity contribution in [3.63, 3.8) is 0 Å². The van der Waals surface area contributed by atoms with Crippen LogP contribution in [0.25, 0.3) is 0 Å². The molecule has 2 fully saturated rings. The summed E-state index contributed by atoms with van der Waals surface area (Å²) < 4.78 is 5.72. The Hall–Kier alpha value is -1.63. The maximum atomic E-state index is 11.5. The second-order valence-electron chi connectivity index (χ2n) is 4.56. The average Bonchev–Trinajstić information content (AvgIpc) is 3.02. The van der Waals surface area contributed by atoms with E-state index in [9.17, 15) is 4.79 Å². The lowest BCUT2D eigenvalue weighted by Gasteiger charge is -2.18. The van der Waals surface area contributed by atoms with Crippen molar-refractivity contribution in [3.8, 4) is 0 Å². The molecule has 2 saturated heterocycles. The van der Waals surface area contributed by atoms with Crippen molar-refractivity contribution in [3.05, 3.63) is 6.20 Å². The molecule has 3 rings (SSSR count). The van der Waals surface area contributed by atoms with Crippen molar-refractivity contribution in [1.29, 1.82) is 0 Å². The number of aromatic nitrogens is 3. The number of rotatable bonds is 3. The molecule has 3 N–H and O–H groups in total. The van der Waals surface area contributed by atoms with E-state index in [0.717, 1.165) is 12.8 Å². The van der Waals surface area contributed by atoms with E-state index in [0.29, 0.717) is 30.5 Å². The van der Waals surface area contributed by atoms with Crippen LogP contribution in [0, 0.1) is 5.92 Å². The van der Waals surface area contributed by atoms with E-state index in [1.807, 2.05) is 0 Å². The van der Waals surface area contributed by atoms with Crippen LogP contribution < -0.4 is 10.6 Å². The number of ether oxygens (including phenoxy) is 1. The molecule has 17 heavy (non-hydrogen) atoms. The van der Waals surface area contributed by atoms with Crippen LogP contribution >= 0.6 is 0 Å². The van der Waals surface area contributed by atoms with Gasteiger partial charge in [0.15, 0.2) is 5.82 Å². The molecular formula is C10H15N5O2. The van der Waals surface area contributed by atoms with Gasteiger partial charge in [0, 0.05) is 12.5 Å². The van der Waals surface area contributed by atoms with Crippen molar-refractivity contribution in [2.24, 2.45) is 5.92 Å². The first-order valence-electron chi connectivity index (χ1n) is 5.87. The lowest BCUT2D eigenvalue weighted by molar-refractivity contribution is 0.0928. The van der Waals surface area contributed by atoms with Gasteiger partial charge in [-0.3, -0.25) is 5.32 Å². The molecule has 7 nitrogen and oxygen atoms in total. The lowest BCUT2D eigenvalue weighted by atomic mass is 9.89. The van der Waals surface area contributed by atoms with Crippen LogP contribution in [-0.4, -0.2) is 40.2 Å². The summed E-state index contributed by atoms with van der Waals surface area (Å²) in [6.07, 6.45) is 5.58. The topological polar surface area (TPSA) is 91.9 Å². The van der Waals surface area contributed by atoms with Gasteiger partial charge in [0.2, 0.25) is 0 Å². The number of amides is 2. The predicted octanol–water partition coefficient (Wildman–Crippen LogP) is 0.494. The Kier molecular flexibility index (Phi) is 2.68. The van der Waals surface area contributed by atoms with Gasteiger partial charge < -0.3 is 10.1 Å². The van der Waals surface area contributed by atoms with Crippen molar-refractivity contribution >= 4 is 11.8 Å². The quantitative estimate of drug-likeness (QED) is 0.713. The molecule has 0 saturated carbocycles. The number of fused-ring (bicyclic) bond motifs is 2. The average molecular weight is 237 g/mol. The Morgan fingerprint density at radius 3 is 3.18 bits per heavy atom. The first-order valence-corrected chi connectivity index (χ1v) is 5.87. The number of urea groups is 1. The van der Waals surface area contributed by atoms with E-state index in [2.05, 4.69) is 26.0 Å². The SMILES string of the molecule is O=C(NC[C@@H]1C[C@@H]2CC[C@H]1O2)Nc1cn[nH]n1. The largest absolute Gasteiger partial charge is 0.375 e. The van der Waals surface area contributed by atoms with Crippen molar-refractivity contribution in [2.45, 2.75) is 31.5 Å². The second kappa shape index (κ2) is 4.33. The number of hydrogen-bond acceptors (Lipinski definition) is 4. The number of aromatic amines is 1. The zero-order chi connectivity index (χ0) is 11.7. The Labute approximate surface area is 98.3 Å². The molecule has 0 unspecified atom stereocenters. The number of carbonyl (C=O) groups is 1. The van der Waals surface area contributed by atoms with Gasteiger partial charge in [-0.2, -0.15) is 10.3 Å². The van der Waals surface area contributed by atoms with E-state index in [-0.39, 0.29) is 6.03 Å². The third-order valence-corrected chi connectivity index (χ3v) is 3.41. The highest BCUT2D eigenvalue weighted by atomic mass is 16.5. The highest BCUT2D eigenvalue weighted by Crippen LogP contribution is 2.38. The van der Waals surface area contributed by atoms with Crippen LogP contribution in [0.3, 0.4) is 0 Å². The smallest absolute Gasteiger partial charge is 0.320 e. The maximum absolute atomic E-state index is 11.5. The summed E-state index contributed by atoms with van der Waals surface area (Å²) in [6, 6.07) is -0.248. The van der Waals surface area contributed by atoms with E-state index >= 15 is 0 Å². The molecule has 92 valence electrons. The molecule has 3 atom stereocenters. The summed E-state index contributed by atoms with van der Waals surface area (Å²) in [7, 11) is 0. The molecule has 3 heterocycles.